The van der Waals surface area contributed by atoms with Crippen molar-refractivity contribution >= 4 is 11.9 Å². The Morgan fingerprint density at radius 1 is 0.609 bits per heavy atom. The number of carbonyl (C=O) groups excluding carboxylic acids is 2. The summed E-state index contributed by atoms with van der Waals surface area (Å²) < 4.78 is 16.6. The molecule has 370 valence electrons. The quantitative estimate of drug-likeness (QED) is 0.0197. The summed E-state index contributed by atoms with van der Waals surface area (Å²) in [6.07, 6.45) is 43.2. The van der Waals surface area contributed by atoms with Crippen molar-refractivity contribution in [3.8, 4) is 0 Å². The molecule has 11 nitrogen and oxygen atoms in total. The van der Waals surface area contributed by atoms with E-state index in [1.54, 1.807) is 6.08 Å². The first-order valence-electron chi connectivity index (χ1n) is 25.5. The van der Waals surface area contributed by atoms with Gasteiger partial charge in [0.05, 0.1) is 32.0 Å². The minimum absolute atomic E-state index is 0.0414. The van der Waals surface area contributed by atoms with Crippen molar-refractivity contribution in [3.63, 3.8) is 0 Å². The maximum absolute atomic E-state index is 12.9. The number of nitrogens with one attached hydrogen (secondary N) is 1. The van der Waals surface area contributed by atoms with Gasteiger partial charge < -0.3 is 45.1 Å². The molecular formula is C53H93NO10. The average Bonchev–Trinajstić information content (AvgIpc) is 3.29. The summed E-state index contributed by atoms with van der Waals surface area (Å²) in [4.78, 5) is 25.0. The molecule has 0 aliphatic carbocycles. The first-order chi connectivity index (χ1) is 31.2. The Kier molecular flexibility index (Phi) is 39.9. The van der Waals surface area contributed by atoms with E-state index in [9.17, 15) is 35.1 Å². The Hall–Kier alpha value is -2.64. The first-order valence-corrected chi connectivity index (χ1v) is 25.5. The third kappa shape index (κ3) is 32.9. The summed E-state index contributed by atoms with van der Waals surface area (Å²) in [6.45, 7) is 3.95. The van der Waals surface area contributed by atoms with E-state index >= 15 is 0 Å². The fourth-order valence-electron chi connectivity index (χ4n) is 7.57. The van der Waals surface area contributed by atoms with Crippen LogP contribution in [0.25, 0.3) is 0 Å². The van der Waals surface area contributed by atoms with Crippen LogP contribution in [-0.2, 0) is 23.8 Å². The molecule has 1 rings (SSSR count). The summed E-state index contributed by atoms with van der Waals surface area (Å²) in [5, 5.41) is 54.0. The molecule has 1 fully saturated rings. The van der Waals surface area contributed by atoms with Crippen LogP contribution in [0.4, 0.5) is 0 Å². The second-order valence-electron chi connectivity index (χ2n) is 17.5. The van der Waals surface area contributed by atoms with Crippen LogP contribution in [0.5, 0.6) is 0 Å². The Balaban J connectivity index is 2.12. The van der Waals surface area contributed by atoms with E-state index < -0.39 is 49.5 Å². The molecule has 1 heterocycles. The smallest absolute Gasteiger partial charge is 0.305 e. The maximum Gasteiger partial charge on any atom is 0.305 e. The van der Waals surface area contributed by atoms with E-state index in [2.05, 4.69) is 54.8 Å². The van der Waals surface area contributed by atoms with Gasteiger partial charge in [0.15, 0.2) is 6.29 Å². The number of allylic oxidation sites excluding steroid dienone is 9. The summed E-state index contributed by atoms with van der Waals surface area (Å²) in [6, 6.07) is -0.842. The fraction of sp³-hybridized carbons (Fsp3) is 0.774. The second kappa shape index (κ2) is 43.0. The number of ether oxygens (including phenoxy) is 3. The van der Waals surface area contributed by atoms with Gasteiger partial charge in [-0.05, 0) is 77.6 Å². The van der Waals surface area contributed by atoms with E-state index in [0.29, 0.717) is 25.9 Å². The predicted octanol–water partition coefficient (Wildman–Crippen LogP) is 10.3. The zero-order valence-corrected chi connectivity index (χ0v) is 40.2. The molecule has 6 N–H and O–H groups in total. The molecule has 1 saturated heterocycles. The van der Waals surface area contributed by atoms with Crippen molar-refractivity contribution in [3.05, 3.63) is 60.8 Å². The van der Waals surface area contributed by atoms with Gasteiger partial charge in [0.2, 0.25) is 5.91 Å². The number of aliphatic hydroxyl groups is 5. The molecular weight excluding hydrogens is 811 g/mol. The molecule has 11 heteroatoms. The number of unbranched alkanes of at least 4 members (excludes halogenated alkanes) is 21. The fourth-order valence-corrected chi connectivity index (χ4v) is 7.57. The number of aliphatic hydroxyl groups excluding tert-OH is 5. The average molecular weight is 904 g/mol. The molecule has 64 heavy (non-hydrogen) atoms. The van der Waals surface area contributed by atoms with Crippen LogP contribution in [0.3, 0.4) is 0 Å². The highest BCUT2D eigenvalue weighted by atomic mass is 16.7. The lowest BCUT2D eigenvalue weighted by molar-refractivity contribution is -0.302. The van der Waals surface area contributed by atoms with Gasteiger partial charge in [0, 0.05) is 12.8 Å². The molecule has 7 atom stereocenters. The molecule has 0 aromatic carbocycles. The number of esters is 1. The zero-order valence-electron chi connectivity index (χ0n) is 40.2. The Morgan fingerprint density at radius 3 is 1.72 bits per heavy atom. The molecule has 0 spiro atoms. The van der Waals surface area contributed by atoms with Gasteiger partial charge in [0.25, 0.3) is 0 Å². The highest BCUT2D eigenvalue weighted by Gasteiger charge is 2.44. The second-order valence-corrected chi connectivity index (χ2v) is 17.5. The number of rotatable bonds is 42. The lowest BCUT2D eigenvalue weighted by Crippen LogP contribution is -2.60. The van der Waals surface area contributed by atoms with Gasteiger partial charge in [-0.1, -0.05) is 170 Å². The lowest BCUT2D eigenvalue weighted by atomic mass is 9.99. The van der Waals surface area contributed by atoms with E-state index in [-0.39, 0.29) is 18.5 Å². The summed E-state index contributed by atoms with van der Waals surface area (Å²) in [5.41, 5.74) is 0. The Bertz CT molecular complexity index is 1250. The van der Waals surface area contributed by atoms with Gasteiger partial charge >= 0.3 is 5.97 Å². The molecule has 0 bridgehead atoms. The lowest BCUT2D eigenvalue weighted by Gasteiger charge is -2.40. The third-order valence-electron chi connectivity index (χ3n) is 11.7. The van der Waals surface area contributed by atoms with Crippen LogP contribution in [0.1, 0.15) is 200 Å². The molecule has 1 aliphatic rings. The van der Waals surface area contributed by atoms with Gasteiger partial charge in [-0.3, -0.25) is 9.59 Å². The van der Waals surface area contributed by atoms with Crippen molar-refractivity contribution in [2.24, 2.45) is 0 Å². The van der Waals surface area contributed by atoms with Crippen LogP contribution in [-0.4, -0.2) is 100 Å². The van der Waals surface area contributed by atoms with Crippen LogP contribution in [0.15, 0.2) is 60.8 Å². The highest BCUT2D eigenvalue weighted by Crippen LogP contribution is 2.22. The summed E-state index contributed by atoms with van der Waals surface area (Å²) in [5.74, 6) is -0.254. The molecule has 0 aromatic rings. The van der Waals surface area contributed by atoms with E-state index in [1.165, 1.54) is 83.5 Å². The van der Waals surface area contributed by atoms with E-state index in [1.807, 2.05) is 19.1 Å². The zero-order chi connectivity index (χ0) is 46.7. The van der Waals surface area contributed by atoms with Crippen LogP contribution in [0.2, 0.25) is 0 Å². The number of carbonyl (C=O) groups is 2. The van der Waals surface area contributed by atoms with Gasteiger partial charge in [-0.15, -0.1) is 0 Å². The van der Waals surface area contributed by atoms with Crippen molar-refractivity contribution in [2.45, 2.75) is 243 Å². The van der Waals surface area contributed by atoms with Crippen molar-refractivity contribution in [1.29, 1.82) is 0 Å². The van der Waals surface area contributed by atoms with Gasteiger partial charge in [-0.25, -0.2) is 0 Å². The monoisotopic (exact) mass is 904 g/mol. The van der Waals surface area contributed by atoms with Gasteiger partial charge in [0.1, 0.15) is 24.4 Å². The van der Waals surface area contributed by atoms with Crippen LogP contribution >= 0.6 is 0 Å². The standard InChI is InChI=1S/C53H93NO10/c1-3-5-7-9-11-13-14-17-21-25-29-33-37-41-49(58)62-42-38-34-30-26-22-19-16-15-18-20-24-28-32-36-40-48(57)54-45(46(56)39-35-31-27-23-12-10-8-6-4-2)44-63-53-52(61)51(60)50(59)47(43-55)64-53/h4,6-7,9,12-14,23,35,39,45-47,50-53,55-56,59-61H,3,5,8,10-11,15-22,24-34,36-38,40-44H2,1-2H3,(H,54,57)/b6-4+,9-7-,14-13-,23-12+,39-35+. The molecule has 0 aromatic heterocycles. The minimum atomic E-state index is -1.58. The minimum Gasteiger partial charge on any atom is -0.466 e. The highest BCUT2D eigenvalue weighted by molar-refractivity contribution is 5.76. The normalized spacial score (nSPS) is 20.4. The summed E-state index contributed by atoms with van der Waals surface area (Å²) in [7, 11) is 0. The predicted molar refractivity (Wildman–Crippen MR) is 260 cm³/mol. The van der Waals surface area contributed by atoms with Gasteiger partial charge in [-0.2, -0.15) is 0 Å². The topological polar surface area (TPSA) is 175 Å². The molecule has 7 unspecified atom stereocenters. The summed E-state index contributed by atoms with van der Waals surface area (Å²) >= 11 is 0. The maximum atomic E-state index is 12.9. The van der Waals surface area contributed by atoms with Crippen LogP contribution in [0, 0.1) is 0 Å². The largest absolute Gasteiger partial charge is 0.466 e. The number of hydrogen-bond acceptors (Lipinski definition) is 10. The van der Waals surface area contributed by atoms with Crippen molar-refractivity contribution < 1.29 is 49.3 Å². The van der Waals surface area contributed by atoms with Crippen molar-refractivity contribution in [1.82, 2.24) is 5.32 Å². The molecule has 1 aliphatic heterocycles. The number of hydrogen-bond donors (Lipinski definition) is 6. The first kappa shape index (κ1) is 59.4. The third-order valence-corrected chi connectivity index (χ3v) is 11.7. The van der Waals surface area contributed by atoms with Crippen LogP contribution < -0.4 is 5.32 Å². The molecule has 1 amide bonds. The van der Waals surface area contributed by atoms with Crippen molar-refractivity contribution in [2.75, 3.05) is 19.8 Å². The molecule has 0 saturated carbocycles. The molecule has 0 radical (unpaired) electrons. The van der Waals surface area contributed by atoms with E-state index in [4.69, 9.17) is 14.2 Å². The Morgan fingerprint density at radius 2 is 1.12 bits per heavy atom. The number of amides is 1. The van der Waals surface area contributed by atoms with E-state index in [0.717, 1.165) is 83.5 Å². The Labute approximate surface area is 388 Å². The SMILES string of the molecule is C/C=C/CC/C=C/CC/C=C/C(O)C(COC1OC(CO)C(O)C(O)C1O)NC(=O)CCCCCCCCCCCCCCCCOC(=O)CCCCCCC/C=C\C/C=C\CCC.